The summed E-state index contributed by atoms with van der Waals surface area (Å²) in [5.74, 6) is 0.926. The second kappa shape index (κ2) is 8.23. The normalized spacial score (nSPS) is 10.6. The van der Waals surface area contributed by atoms with Crippen LogP contribution in [0.4, 0.5) is 0 Å². The first-order chi connectivity index (χ1) is 10.2. The minimum absolute atomic E-state index is 0.778. The predicted octanol–water partition coefficient (Wildman–Crippen LogP) is 6.25. The molecule has 0 saturated heterocycles. The van der Waals surface area contributed by atoms with Gasteiger partial charge in [0.2, 0.25) is 0 Å². The molecule has 0 saturated carbocycles. The van der Waals surface area contributed by atoms with Gasteiger partial charge < -0.3 is 4.74 Å². The molecule has 0 atom stereocenters. The SMILES string of the molecule is CCCCOc1ccc(-c2ccc(CCC)cc2)cc1Br. The molecule has 0 aliphatic rings. The first-order valence-electron chi connectivity index (χ1n) is 7.76. The summed E-state index contributed by atoms with van der Waals surface area (Å²) in [5, 5.41) is 0. The molecule has 1 nitrogen and oxygen atoms in total. The van der Waals surface area contributed by atoms with Gasteiger partial charge in [-0.15, -0.1) is 0 Å². The maximum Gasteiger partial charge on any atom is 0.133 e. The second-order valence-electron chi connectivity index (χ2n) is 5.29. The Morgan fingerprint density at radius 3 is 2.24 bits per heavy atom. The molecular formula is C19H23BrO. The molecular weight excluding hydrogens is 324 g/mol. The molecule has 0 spiro atoms. The lowest BCUT2D eigenvalue weighted by Crippen LogP contribution is -1.97. The number of rotatable bonds is 7. The van der Waals surface area contributed by atoms with Crippen molar-refractivity contribution in [3.63, 3.8) is 0 Å². The topological polar surface area (TPSA) is 9.23 Å². The molecule has 0 N–H and O–H groups in total. The minimum Gasteiger partial charge on any atom is -0.492 e. The monoisotopic (exact) mass is 346 g/mol. The summed E-state index contributed by atoms with van der Waals surface area (Å²) < 4.78 is 6.79. The van der Waals surface area contributed by atoms with Crippen LogP contribution in [-0.4, -0.2) is 6.61 Å². The summed E-state index contributed by atoms with van der Waals surface area (Å²) in [5.41, 5.74) is 3.86. The van der Waals surface area contributed by atoms with E-state index < -0.39 is 0 Å². The van der Waals surface area contributed by atoms with Crippen LogP contribution in [-0.2, 0) is 6.42 Å². The van der Waals surface area contributed by atoms with Crippen LogP contribution in [0.25, 0.3) is 11.1 Å². The number of hydrogen-bond acceptors (Lipinski definition) is 1. The van der Waals surface area contributed by atoms with Gasteiger partial charge in [-0.2, -0.15) is 0 Å². The molecule has 0 amide bonds. The molecule has 2 aromatic carbocycles. The van der Waals surface area contributed by atoms with Gasteiger partial charge in [-0.25, -0.2) is 0 Å². The maximum atomic E-state index is 5.77. The van der Waals surface area contributed by atoms with E-state index in [0.29, 0.717) is 0 Å². The van der Waals surface area contributed by atoms with Gasteiger partial charge in [0.15, 0.2) is 0 Å². The Bertz CT molecular complexity index is 560. The van der Waals surface area contributed by atoms with Crippen molar-refractivity contribution in [2.75, 3.05) is 6.61 Å². The van der Waals surface area contributed by atoms with E-state index in [2.05, 4.69) is 72.2 Å². The molecule has 21 heavy (non-hydrogen) atoms. The summed E-state index contributed by atoms with van der Waals surface area (Å²) in [6.07, 6.45) is 4.58. The van der Waals surface area contributed by atoms with Crippen molar-refractivity contribution in [1.29, 1.82) is 0 Å². The Morgan fingerprint density at radius 2 is 1.62 bits per heavy atom. The third kappa shape index (κ3) is 4.60. The highest BCUT2D eigenvalue weighted by atomic mass is 79.9. The van der Waals surface area contributed by atoms with E-state index in [1.807, 2.05) is 0 Å². The molecule has 0 aliphatic heterocycles. The average Bonchev–Trinajstić information content (AvgIpc) is 2.50. The van der Waals surface area contributed by atoms with E-state index in [-0.39, 0.29) is 0 Å². The smallest absolute Gasteiger partial charge is 0.133 e. The van der Waals surface area contributed by atoms with Crippen molar-refractivity contribution in [2.24, 2.45) is 0 Å². The lowest BCUT2D eigenvalue weighted by atomic mass is 10.0. The standard InChI is InChI=1S/C19H23BrO/c1-3-5-13-21-19-12-11-17(14-18(19)20)16-9-7-15(6-4-2)8-10-16/h7-12,14H,3-6,13H2,1-2H3. The van der Waals surface area contributed by atoms with Gasteiger partial charge in [0.1, 0.15) is 5.75 Å². The second-order valence-corrected chi connectivity index (χ2v) is 6.15. The van der Waals surface area contributed by atoms with E-state index >= 15 is 0 Å². The van der Waals surface area contributed by atoms with E-state index in [0.717, 1.165) is 36.1 Å². The summed E-state index contributed by atoms with van der Waals surface area (Å²) in [6.45, 7) is 5.16. The molecule has 0 aliphatic carbocycles. The average molecular weight is 347 g/mol. The summed E-state index contributed by atoms with van der Waals surface area (Å²) in [4.78, 5) is 0. The fourth-order valence-electron chi connectivity index (χ4n) is 2.28. The fraction of sp³-hybridized carbons (Fsp3) is 0.368. The number of unbranched alkanes of at least 4 members (excludes halogenated alkanes) is 1. The van der Waals surface area contributed by atoms with Crippen LogP contribution in [0.3, 0.4) is 0 Å². The Balaban J connectivity index is 2.11. The molecule has 112 valence electrons. The zero-order valence-electron chi connectivity index (χ0n) is 12.9. The van der Waals surface area contributed by atoms with Gasteiger partial charge in [-0.05, 0) is 57.6 Å². The quantitative estimate of drug-likeness (QED) is 0.538. The van der Waals surface area contributed by atoms with Crippen molar-refractivity contribution in [1.82, 2.24) is 0 Å². The molecule has 0 radical (unpaired) electrons. The third-order valence-electron chi connectivity index (χ3n) is 3.51. The Kier molecular flexibility index (Phi) is 6.31. The van der Waals surface area contributed by atoms with Gasteiger partial charge >= 0.3 is 0 Å². The van der Waals surface area contributed by atoms with Crippen molar-refractivity contribution >= 4 is 15.9 Å². The Hall–Kier alpha value is -1.28. The van der Waals surface area contributed by atoms with Gasteiger partial charge in [0.25, 0.3) is 0 Å². The van der Waals surface area contributed by atoms with Gasteiger partial charge in [0, 0.05) is 0 Å². The molecule has 2 rings (SSSR count). The predicted molar refractivity (Wildman–Crippen MR) is 94.0 cm³/mol. The van der Waals surface area contributed by atoms with Crippen LogP contribution in [0, 0.1) is 0 Å². The highest BCUT2D eigenvalue weighted by Gasteiger charge is 2.04. The van der Waals surface area contributed by atoms with Gasteiger partial charge in [-0.1, -0.05) is 57.0 Å². The highest BCUT2D eigenvalue weighted by Crippen LogP contribution is 2.31. The Morgan fingerprint density at radius 1 is 0.905 bits per heavy atom. The molecule has 0 aromatic heterocycles. The van der Waals surface area contributed by atoms with Crippen molar-refractivity contribution in [3.8, 4) is 16.9 Å². The van der Waals surface area contributed by atoms with Gasteiger partial charge in [0.05, 0.1) is 11.1 Å². The largest absolute Gasteiger partial charge is 0.492 e. The minimum atomic E-state index is 0.778. The number of ether oxygens (including phenoxy) is 1. The lowest BCUT2D eigenvalue weighted by molar-refractivity contribution is 0.307. The van der Waals surface area contributed by atoms with Crippen molar-refractivity contribution in [2.45, 2.75) is 39.5 Å². The number of halogens is 1. The number of benzene rings is 2. The summed E-state index contributed by atoms with van der Waals surface area (Å²) >= 11 is 3.61. The lowest BCUT2D eigenvalue weighted by Gasteiger charge is -2.10. The Labute approximate surface area is 136 Å². The zero-order valence-corrected chi connectivity index (χ0v) is 14.4. The fourth-order valence-corrected chi connectivity index (χ4v) is 2.77. The molecule has 0 unspecified atom stereocenters. The first kappa shape index (κ1) is 16.1. The molecule has 2 aromatic rings. The summed E-state index contributed by atoms with van der Waals surface area (Å²) in [6, 6.07) is 15.2. The molecule has 0 bridgehead atoms. The van der Waals surface area contributed by atoms with Crippen LogP contribution in [0.5, 0.6) is 5.75 Å². The van der Waals surface area contributed by atoms with E-state index in [1.165, 1.54) is 23.1 Å². The third-order valence-corrected chi connectivity index (χ3v) is 4.13. The van der Waals surface area contributed by atoms with E-state index in [4.69, 9.17) is 4.74 Å². The molecule has 0 fully saturated rings. The van der Waals surface area contributed by atoms with E-state index in [9.17, 15) is 0 Å². The number of aryl methyl sites for hydroxylation is 1. The van der Waals surface area contributed by atoms with Crippen molar-refractivity contribution < 1.29 is 4.74 Å². The molecule has 2 heteroatoms. The summed E-state index contributed by atoms with van der Waals surface area (Å²) in [7, 11) is 0. The zero-order chi connectivity index (χ0) is 15.1. The molecule has 0 heterocycles. The maximum absolute atomic E-state index is 5.77. The van der Waals surface area contributed by atoms with Gasteiger partial charge in [-0.3, -0.25) is 0 Å². The van der Waals surface area contributed by atoms with Crippen LogP contribution >= 0.6 is 15.9 Å². The van der Waals surface area contributed by atoms with Crippen LogP contribution in [0.1, 0.15) is 38.7 Å². The number of hydrogen-bond donors (Lipinski definition) is 0. The first-order valence-corrected chi connectivity index (χ1v) is 8.55. The highest BCUT2D eigenvalue weighted by molar-refractivity contribution is 9.10. The van der Waals surface area contributed by atoms with Crippen LogP contribution in [0.15, 0.2) is 46.9 Å². The van der Waals surface area contributed by atoms with Crippen LogP contribution in [0.2, 0.25) is 0 Å². The van der Waals surface area contributed by atoms with Crippen LogP contribution < -0.4 is 4.74 Å². The van der Waals surface area contributed by atoms with E-state index in [1.54, 1.807) is 0 Å². The van der Waals surface area contributed by atoms with Crippen molar-refractivity contribution in [3.05, 3.63) is 52.5 Å².